The lowest BCUT2D eigenvalue weighted by Gasteiger charge is -2.34. The Morgan fingerprint density at radius 1 is 0.744 bits per heavy atom. The average molecular weight is 631 g/mol. The molecule has 0 radical (unpaired) electrons. The highest BCUT2D eigenvalue weighted by molar-refractivity contribution is 6.60. The minimum absolute atomic E-state index is 0.157. The third kappa shape index (κ3) is 9.14. The molecule has 8 nitrogen and oxygen atoms in total. The van der Waals surface area contributed by atoms with Gasteiger partial charge in [0.05, 0.1) is 0 Å². The summed E-state index contributed by atoms with van der Waals surface area (Å²) >= 11 is 0. The molecule has 4 rings (SSSR count). The molecule has 0 N–H and O–H groups in total. The SMILES string of the molecule is CCO[SiH2]CCCN1COc2ccc(C(C)(C)c3ccc4c(c3)CN(CCC[Si](OCC)(OCC)OCC)CO4)cc2C1. The van der Waals surface area contributed by atoms with Crippen LogP contribution in [0.3, 0.4) is 0 Å². The Balaban J connectivity index is 1.39. The number of ether oxygens (including phenoxy) is 2. The third-order valence-corrected chi connectivity index (χ3v) is 13.1. The van der Waals surface area contributed by atoms with Crippen LogP contribution in [0.1, 0.15) is 76.6 Å². The van der Waals surface area contributed by atoms with Gasteiger partial charge in [0.15, 0.2) is 9.76 Å². The lowest BCUT2D eigenvalue weighted by Crippen LogP contribution is -2.46. The number of hydrogen-bond donors (Lipinski definition) is 0. The molecule has 0 amide bonds. The van der Waals surface area contributed by atoms with Gasteiger partial charge in [-0.05, 0) is 82.0 Å². The van der Waals surface area contributed by atoms with Gasteiger partial charge in [-0.2, -0.15) is 0 Å². The maximum Gasteiger partial charge on any atom is 0.500 e. The maximum absolute atomic E-state index is 6.19. The van der Waals surface area contributed by atoms with Crippen molar-refractivity contribution in [1.29, 1.82) is 0 Å². The van der Waals surface area contributed by atoms with E-state index in [1.54, 1.807) is 0 Å². The van der Waals surface area contributed by atoms with Crippen molar-refractivity contribution in [3.63, 3.8) is 0 Å². The summed E-state index contributed by atoms with van der Waals surface area (Å²) < 4.78 is 36.1. The summed E-state index contributed by atoms with van der Waals surface area (Å²) in [5, 5.41) is 0. The molecule has 0 aromatic heterocycles. The first kappa shape index (κ1) is 34.1. The van der Waals surface area contributed by atoms with Gasteiger partial charge in [0.2, 0.25) is 0 Å². The molecule has 2 aliphatic rings. The lowest BCUT2D eigenvalue weighted by molar-refractivity contribution is 0.0653. The van der Waals surface area contributed by atoms with Crippen molar-refractivity contribution in [2.75, 3.05) is 53.0 Å². The minimum Gasteiger partial charge on any atom is -0.478 e. The molecule has 10 heteroatoms. The molecule has 0 aliphatic carbocycles. The van der Waals surface area contributed by atoms with Crippen LogP contribution in [0.15, 0.2) is 36.4 Å². The normalized spacial score (nSPS) is 16.2. The first-order valence-corrected chi connectivity index (χ1v) is 19.8. The van der Waals surface area contributed by atoms with Crippen LogP contribution in [0.25, 0.3) is 0 Å². The fraction of sp³-hybridized carbons (Fsp3) is 0.636. The van der Waals surface area contributed by atoms with Gasteiger partial charge in [-0.15, -0.1) is 0 Å². The van der Waals surface area contributed by atoms with Crippen LogP contribution in [0.5, 0.6) is 11.5 Å². The molecule has 0 saturated heterocycles. The second kappa shape index (κ2) is 16.5. The molecule has 2 heterocycles. The Hall–Kier alpha value is -1.77. The fourth-order valence-corrected chi connectivity index (χ4v) is 9.53. The highest BCUT2D eigenvalue weighted by Gasteiger charge is 2.40. The minimum atomic E-state index is -2.63. The van der Waals surface area contributed by atoms with Crippen molar-refractivity contribution < 1.29 is 27.2 Å². The van der Waals surface area contributed by atoms with E-state index in [9.17, 15) is 0 Å². The summed E-state index contributed by atoms with van der Waals surface area (Å²) in [4.78, 5) is 4.78. The molecule has 0 unspecified atom stereocenters. The van der Waals surface area contributed by atoms with Crippen LogP contribution in [0.2, 0.25) is 12.1 Å². The number of nitrogens with zero attached hydrogens (tertiary/aromatic N) is 2. The van der Waals surface area contributed by atoms with Gasteiger partial charge in [-0.25, -0.2) is 0 Å². The van der Waals surface area contributed by atoms with Gasteiger partial charge in [0.1, 0.15) is 25.0 Å². The second-order valence-electron chi connectivity index (χ2n) is 11.9. The molecular formula is C33H54N2O6Si2. The van der Waals surface area contributed by atoms with Gasteiger partial charge >= 0.3 is 8.80 Å². The standard InChI is InChI=1S/C33H54N2O6Si2/c1-7-38-42-19-11-17-34-23-27-21-29(13-15-31(27)36-25-34)33(5,6)30-14-16-32-28(22-30)24-35(26-37-32)18-12-20-43(39-8-2,40-9-3)41-10-4/h13-16,21-22H,7-12,17-20,23-26,42H2,1-6H3. The van der Waals surface area contributed by atoms with Gasteiger partial charge in [-0.3, -0.25) is 9.80 Å². The van der Waals surface area contributed by atoms with E-state index in [2.05, 4.69) is 67.0 Å². The highest BCUT2D eigenvalue weighted by Crippen LogP contribution is 2.38. The van der Waals surface area contributed by atoms with E-state index in [1.165, 1.54) is 34.7 Å². The first-order chi connectivity index (χ1) is 20.8. The first-order valence-electron chi connectivity index (χ1n) is 16.3. The smallest absolute Gasteiger partial charge is 0.478 e. The lowest BCUT2D eigenvalue weighted by atomic mass is 9.77. The van der Waals surface area contributed by atoms with Crippen LogP contribution in [-0.4, -0.2) is 81.3 Å². The average Bonchev–Trinajstić information content (AvgIpc) is 3.00. The number of hydrogen-bond acceptors (Lipinski definition) is 8. The zero-order chi connectivity index (χ0) is 30.7. The molecule has 2 aliphatic heterocycles. The molecule has 0 atom stereocenters. The highest BCUT2D eigenvalue weighted by atomic mass is 28.4. The predicted molar refractivity (Wildman–Crippen MR) is 176 cm³/mol. The van der Waals surface area contributed by atoms with Crippen molar-refractivity contribution in [3.8, 4) is 11.5 Å². The molecule has 2 aromatic carbocycles. The zero-order valence-electron chi connectivity index (χ0n) is 27.4. The molecule has 2 aromatic rings. The second-order valence-corrected chi connectivity index (χ2v) is 16.2. The van der Waals surface area contributed by atoms with Gasteiger partial charge in [-0.1, -0.05) is 26.0 Å². The fourth-order valence-electron chi connectivity index (χ4n) is 6.02. The Morgan fingerprint density at radius 3 is 1.74 bits per heavy atom. The van der Waals surface area contributed by atoms with Crippen LogP contribution in [0.4, 0.5) is 0 Å². The van der Waals surface area contributed by atoms with Crippen molar-refractivity contribution in [2.45, 2.75) is 85.0 Å². The zero-order valence-corrected chi connectivity index (χ0v) is 29.8. The van der Waals surface area contributed by atoms with Crippen LogP contribution >= 0.6 is 0 Å². The van der Waals surface area contributed by atoms with Crippen LogP contribution < -0.4 is 9.47 Å². The van der Waals surface area contributed by atoms with Crippen LogP contribution in [0, 0.1) is 0 Å². The van der Waals surface area contributed by atoms with E-state index < -0.39 is 8.80 Å². The molecule has 0 saturated carbocycles. The largest absolute Gasteiger partial charge is 0.500 e. The van der Waals surface area contributed by atoms with Crippen LogP contribution in [-0.2, 0) is 36.2 Å². The van der Waals surface area contributed by atoms with Gasteiger partial charge < -0.3 is 27.2 Å². The van der Waals surface area contributed by atoms with E-state index in [-0.39, 0.29) is 15.2 Å². The number of rotatable bonds is 18. The summed E-state index contributed by atoms with van der Waals surface area (Å²) in [6.45, 7) is 20.4. The Morgan fingerprint density at radius 2 is 1.26 bits per heavy atom. The summed E-state index contributed by atoms with van der Waals surface area (Å²) in [5.41, 5.74) is 4.95. The molecule has 43 heavy (non-hydrogen) atoms. The van der Waals surface area contributed by atoms with Gasteiger partial charge in [0.25, 0.3) is 0 Å². The third-order valence-electron chi connectivity index (χ3n) is 8.42. The molecular weight excluding hydrogens is 577 g/mol. The summed E-state index contributed by atoms with van der Waals surface area (Å²) in [7, 11) is -3.00. The quantitative estimate of drug-likeness (QED) is 0.154. The topological polar surface area (TPSA) is 61.9 Å². The Kier molecular flexibility index (Phi) is 13.1. The van der Waals surface area contributed by atoms with Crippen molar-refractivity contribution in [2.24, 2.45) is 0 Å². The van der Waals surface area contributed by atoms with Crippen molar-refractivity contribution >= 4 is 18.6 Å². The molecule has 0 spiro atoms. The summed E-state index contributed by atoms with van der Waals surface area (Å²) in [5.74, 6) is 2.00. The number of benzene rings is 2. The molecule has 0 fully saturated rings. The van der Waals surface area contributed by atoms with E-state index in [0.717, 1.165) is 56.7 Å². The van der Waals surface area contributed by atoms with E-state index >= 15 is 0 Å². The van der Waals surface area contributed by atoms with E-state index in [1.807, 2.05) is 20.8 Å². The van der Waals surface area contributed by atoms with E-state index in [0.29, 0.717) is 33.3 Å². The predicted octanol–water partition coefficient (Wildman–Crippen LogP) is 5.68. The van der Waals surface area contributed by atoms with E-state index in [4.69, 9.17) is 27.2 Å². The molecule has 240 valence electrons. The Bertz CT molecular complexity index is 1130. The number of fused-ring (bicyclic) bond motifs is 2. The maximum atomic E-state index is 6.19. The van der Waals surface area contributed by atoms with Crippen molar-refractivity contribution in [3.05, 3.63) is 58.7 Å². The monoisotopic (exact) mass is 630 g/mol. The summed E-state index contributed by atoms with van der Waals surface area (Å²) in [6, 6.07) is 15.5. The van der Waals surface area contributed by atoms with Gasteiger partial charge in [0, 0.05) is 75.2 Å². The van der Waals surface area contributed by atoms with Crippen molar-refractivity contribution in [1.82, 2.24) is 9.80 Å². The summed E-state index contributed by atoms with van der Waals surface area (Å²) in [6.07, 6.45) is 2.12. The Labute approximate surface area is 263 Å². The molecule has 0 bridgehead atoms.